The number of rotatable bonds is 3. The highest BCUT2D eigenvalue weighted by Crippen LogP contribution is 2.43. The lowest BCUT2D eigenvalue weighted by atomic mass is 9.84. The molecule has 1 aliphatic heterocycles. The Morgan fingerprint density at radius 3 is 2.42 bits per heavy atom. The van der Waals surface area contributed by atoms with E-state index in [4.69, 9.17) is 16.3 Å². The minimum absolute atomic E-state index is 0.117. The van der Waals surface area contributed by atoms with E-state index < -0.39 is 18.1 Å². The summed E-state index contributed by atoms with van der Waals surface area (Å²) in [5, 5.41) is 0. The van der Waals surface area contributed by atoms with Crippen molar-refractivity contribution in [1.29, 1.82) is 0 Å². The molecule has 0 N–H and O–H groups in total. The van der Waals surface area contributed by atoms with Crippen molar-refractivity contribution in [2.24, 2.45) is 0 Å². The van der Waals surface area contributed by atoms with E-state index in [2.05, 4.69) is 4.74 Å². The molecule has 2 nitrogen and oxygen atoms in total. The van der Waals surface area contributed by atoms with Crippen molar-refractivity contribution in [3.63, 3.8) is 0 Å². The van der Waals surface area contributed by atoms with Gasteiger partial charge in [-0.15, -0.1) is 24.8 Å². The zero-order chi connectivity index (χ0) is 17.3. The van der Waals surface area contributed by atoms with Crippen molar-refractivity contribution in [3.05, 3.63) is 71.2 Å². The predicted octanol–water partition coefficient (Wildman–Crippen LogP) is 5.37. The number of benzene rings is 2. The van der Waals surface area contributed by atoms with Crippen LogP contribution in [-0.2, 0) is 0 Å². The molecule has 1 aliphatic rings. The van der Waals surface area contributed by atoms with Gasteiger partial charge < -0.3 is 9.47 Å². The minimum atomic E-state index is -4.79. The van der Waals surface area contributed by atoms with Crippen molar-refractivity contribution >= 4 is 11.6 Å². The Morgan fingerprint density at radius 2 is 1.79 bits per heavy atom. The molecule has 0 saturated heterocycles. The molecule has 1 heterocycles. The first kappa shape index (κ1) is 16.6. The molecule has 0 bridgehead atoms. The molecular formula is C17H11ClF4O2. The molecule has 0 amide bonds. The van der Waals surface area contributed by atoms with Crippen molar-refractivity contribution < 1.29 is 27.0 Å². The van der Waals surface area contributed by atoms with Gasteiger partial charge in [0, 0.05) is 17.4 Å². The molecule has 126 valence electrons. The van der Waals surface area contributed by atoms with Crippen LogP contribution in [-0.4, -0.2) is 12.2 Å². The second-order valence-corrected chi connectivity index (χ2v) is 5.44. The van der Waals surface area contributed by atoms with Gasteiger partial charge in [0.05, 0.1) is 6.26 Å². The van der Waals surface area contributed by atoms with Crippen molar-refractivity contribution in [3.8, 4) is 11.5 Å². The summed E-state index contributed by atoms with van der Waals surface area (Å²) in [5.41, 5.74) is 1.82. The highest BCUT2D eigenvalue weighted by molar-refractivity contribution is 6.19. The number of hydrogen-bond acceptors (Lipinski definition) is 2. The predicted molar refractivity (Wildman–Crippen MR) is 80.8 cm³/mol. The lowest BCUT2D eigenvalue weighted by Crippen LogP contribution is -2.18. The van der Waals surface area contributed by atoms with Crippen LogP contribution in [0, 0.1) is 5.82 Å². The van der Waals surface area contributed by atoms with E-state index in [0.29, 0.717) is 22.4 Å². The molecule has 24 heavy (non-hydrogen) atoms. The number of ether oxygens (including phenoxy) is 2. The van der Waals surface area contributed by atoms with E-state index >= 15 is 0 Å². The van der Waals surface area contributed by atoms with Gasteiger partial charge in [0.1, 0.15) is 17.3 Å². The van der Waals surface area contributed by atoms with Crippen LogP contribution in [0.3, 0.4) is 0 Å². The van der Waals surface area contributed by atoms with Crippen molar-refractivity contribution in [1.82, 2.24) is 0 Å². The van der Waals surface area contributed by atoms with Crippen LogP contribution in [0.2, 0.25) is 0 Å². The van der Waals surface area contributed by atoms with E-state index in [1.165, 1.54) is 36.6 Å². The highest BCUT2D eigenvalue weighted by Gasteiger charge is 2.33. The third kappa shape index (κ3) is 3.48. The molecule has 2 aromatic carbocycles. The fraction of sp³-hybridized carbons (Fsp3) is 0.176. The minimum Gasteiger partial charge on any atom is -0.465 e. The summed E-state index contributed by atoms with van der Waals surface area (Å²) >= 11 is 5.94. The molecule has 1 atom stereocenters. The molecule has 0 radical (unpaired) electrons. The first-order valence-corrected chi connectivity index (χ1v) is 7.47. The largest absolute Gasteiger partial charge is 0.573 e. The topological polar surface area (TPSA) is 18.5 Å². The summed E-state index contributed by atoms with van der Waals surface area (Å²) in [4.78, 5) is 0. The normalized spacial score (nSPS) is 16.9. The molecular weight excluding hydrogens is 348 g/mol. The van der Waals surface area contributed by atoms with Gasteiger partial charge in [0.25, 0.3) is 0 Å². The molecule has 0 saturated carbocycles. The maximum atomic E-state index is 13.2. The summed E-state index contributed by atoms with van der Waals surface area (Å²) in [7, 11) is 0. The summed E-state index contributed by atoms with van der Waals surface area (Å²) < 4.78 is 59.9. The van der Waals surface area contributed by atoms with Gasteiger partial charge in [-0.25, -0.2) is 4.39 Å². The van der Waals surface area contributed by atoms with E-state index in [-0.39, 0.29) is 11.6 Å². The van der Waals surface area contributed by atoms with Crippen LogP contribution in [0.25, 0.3) is 0 Å². The van der Waals surface area contributed by atoms with Crippen LogP contribution < -0.4 is 9.47 Å². The van der Waals surface area contributed by atoms with Gasteiger partial charge in [-0.1, -0.05) is 12.1 Å². The molecule has 7 heteroatoms. The zero-order valence-corrected chi connectivity index (χ0v) is 12.9. The summed E-state index contributed by atoms with van der Waals surface area (Å²) in [5.74, 6) is -0.688. The SMILES string of the molecule is Fc1ccc(C2C(CCl)=COc3ccc(OC(F)(F)F)cc32)cc1. The van der Waals surface area contributed by atoms with Crippen LogP contribution in [0.15, 0.2) is 54.3 Å². The standard InChI is InChI=1S/C17H11ClF4O2/c18-8-11-9-23-15-6-5-13(24-17(20,21)22)7-14(15)16(11)10-1-3-12(19)4-2-10/h1-7,9,16H,8H2. The molecule has 1 unspecified atom stereocenters. The van der Waals surface area contributed by atoms with Crippen LogP contribution in [0.1, 0.15) is 17.0 Å². The number of halogens is 5. The van der Waals surface area contributed by atoms with Gasteiger partial charge in [-0.2, -0.15) is 0 Å². The second kappa shape index (κ2) is 6.36. The second-order valence-electron chi connectivity index (χ2n) is 5.18. The third-order valence-electron chi connectivity index (χ3n) is 3.59. The molecule has 0 fully saturated rings. The lowest BCUT2D eigenvalue weighted by Gasteiger charge is -2.27. The molecule has 0 aromatic heterocycles. The van der Waals surface area contributed by atoms with Crippen LogP contribution in [0.4, 0.5) is 17.6 Å². The maximum Gasteiger partial charge on any atom is 0.573 e. The Hall–Kier alpha value is -2.21. The van der Waals surface area contributed by atoms with Crippen molar-refractivity contribution in [2.75, 3.05) is 5.88 Å². The van der Waals surface area contributed by atoms with E-state index in [9.17, 15) is 17.6 Å². The summed E-state index contributed by atoms with van der Waals surface area (Å²) in [6.07, 6.45) is -3.33. The summed E-state index contributed by atoms with van der Waals surface area (Å²) in [6.45, 7) is 0. The van der Waals surface area contributed by atoms with Gasteiger partial charge in [-0.3, -0.25) is 0 Å². The van der Waals surface area contributed by atoms with Gasteiger partial charge in [-0.05, 0) is 41.5 Å². The third-order valence-corrected chi connectivity index (χ3v) is 3.90. The van der Waals surface area contributed by atoms with E-state index in [1.54, 1.807) is 12.1 Å². The Morgan fingerprint density at radius 1 is 1.08 bits per heavy atom. The van der Waals surface area contributed by atoms with E-state index in [1.807, 2.05) is 0 Å². The Labute approximate surface area is 140 Å². The first-order valence-electron chi connectivity index (χ1n) is 6.94. The Balaban J connectivity index is 2.06. The Kier molecular flexibility index (Phi) is 4.41. The van der Waals surface area contributed by atoms with Crippen LogP contribution in [0.5, 0.6) is 11.5 Å². The van der Waals surface area contributed by atoms with Crippen molar-refractivity contribution in [2.45, 2.75) is 12.3 Å². The van der Waals surface area contributed by atoms with Gasteiger partial charge >= 0.3 is 6.36 Å². The maximum absolute atomic E-state index is 13.2. The molecule has 3 rings (SSSR count). The fourth-order valence-corrected chi connectivity index (χ4v) is 2.84. The average molecular weight is 359 g/mol. The van der Waals surface area contributed by atoms with E-state index in [0.717, 1.165) is 0 Å². The lowest BCUT2D eigenvalue weighted by molar-refractivity contribution is -0.274. The average Bonchev–Trinajstić information content (AvgIpc) is 2.53. The molecule has 2 aromatic rings. The molecule has 0 aliphatic carbocycles. The quantitative estimate of drug-likeness (QED) is 0.542. The fourth-order valence-electron chi connectivity index (χ4n) is 2.62. The van der Waals surface area contributed by atoms with Crippen LogP contribution >= 0.6 is 11.6 Å². The molecule has 0 spiro atoms. The number of fused-ring (bicyclic) bond motifs is 1. The smallest absolute Gasteiger partial charge is 0.465 e. The summed E-state index contributed by atoms with van der Waals surface area (Å²) in [6, 6.07) is 9.52. The number of allylic oxidation sites excluding steroid dienone is 1. The zero-order valence-electron chi connectivity index (χ0n) is 12.1. The number of hydrogen-bond donors (Lipinski definition) is 0. The number of alkyl halides is 4. The Bertz CT molecular complexity index is 769. The van der Waals surface area contributed by atoms with Gasteiger partial charge in [0.15, 0.2) is 0 Å². The van der Waals surface area contributed by atoms with Gasteiger partial charge in [0.2, 0.25) is 0 Å². The monoisotopic (exact) mass is 358 g/mol. The highest BCUT2D eigenvalue weighted by atomic mass is 35.5. The first-order chi connectivity index (χ1) is 11.4.